The highest BCUT2D eigenvalue weighted by Gasteiger charge is 2.05. The first-order chi connectivity index (χ1) is 11.0. The van der Waals surface area contributed by atoms with Gasteiger partial charge in [0.15, 0.2) is 0 Å². The van der Waals surface area contributed by atoms with E-state index < -0.39 is 0 Å². The maximum absolute atomic E-state index is 11.9. The van der Waals surface area contributed by atoms with E-state index in [-0.39, 0.29) is 6.03 Å². The van der Waals surface area contributed by atoms with Crippen molar-refractivity contribution in [3.05, 3.63) is 58.7 Å². The minimum atomic E-state index is -0.219. The van der Waals surface area contributed by atoms with Crippen molar-refractivity contribution in [1.82, 2.24) is 5.32 Å². The third kappa shape index (κ3) is 4.74. The van der Waals surface area contributed by atoms with Crippen molar-refractivity contribution in [2.24, 2.45) is 0 Å². The van der Waals surface area contributed by atoms with Gasteiger partial charge in [0.1, 0.15) is 12.4 Å². The highest BCUT2D eigenvalue weighted by Crippen LogP contribution is 2.20. The summed E-state index contributed by atoms with van der Waals surface area (Å²) in [6.07, 6.45) is 0. The van der Waals surface area contributed by atoms with Crippen molar-refractivity contribution in [1.29, 1.82) is 0 Å². The number of rotatable bonds is 5. The van der Waals surface area contributed by atoms with Gasteiger partial charge in [-0.25, -0.2) is 4.79 Å². The number of hydrogen-bond donors (Lipinski definition) is 2. The van der Waals surface area contributed by atoms with Gasteiger partial charge >= 0.3 is 6.03 Å². The summed E-state index contributed by atoms with van der Waals surface area (Å²) in [5.74, 6) is 0.863. The zero-order chi connectivity index (χ0) is 16.8. The molecule has 0 unspecified atom stereocenters. The van der Waals surface area contributed by atoms with Gasteiger partial charge in [0.25, 0.3) is 0 Å². The van der Waals surface area contributed by atoms with E-state index in [9.17, 15) is 4.79 Å². The molecule has 2 amide bonds. The number of anilines is 1. The molecule has 122 valence electrons. The molecule has 4 heteroatoms. The fourth-order valence-corrected chi connectivity index (χ4v) is 2.24. The average Bonchev–Trinajstić information content (AvgIpc) is 2.51. The molecule has 0 atom stereocenters. The lowest BCUT2D eigenvalue weighted by Crippen LogP contribution is -2.32. The first-order valence-corrected chi connectivity index (χ1v) is 7.78. The molecule has 23 heavy (non-hydrogen) atoms. The lowest BCUT2D eigenvalue weighted by atomic mass is 10.1. The van der Waals surface area contributed by atoms with Crippen molar-refractivity contribution in [3.8, 4) is 5.75 Å². The van der Waals surface area contributed by atoms with Gasteiger partial charge in [-0.05, 0) is 62.1 Å². The van der Waals surface area contributed by atoms with Gasteiger partial charge in [0, 0.05) is 5.69 Å². The predicted molar refractivity (Wildman–Crippen MR) is 94.3 cm³/mol. The van der Waals surface area contributed by atoms with Crippen LogP contribution in [-0.2, 0) is 0 Å². The molecule has 0 fully saturated rings. The second-order valence-electron chi connectivity index (χ2n) is 5.75. The Hall–Kier alpha value is -2.49. The van der Waals surface area contributed by atoms with Crippen LogP contribution in [-0.4, -0.2) is 19.2 Å². The number of nitrogens with one attached hydrogen (secondary N) is 2. The molecule has 2 aromatic rings. The van der Waals surface area contributed by atoms with E-state index in [0.29, 0.717) is 13.2 Å². The topological polar surface area (TPSA) is 50.4 Å². The molecule has 0 radical (unpaired) electrons. The minimum absolute atomic E-state index is 0.219. The van der Waals surface area contributed by atoms with Crippen molar-refractivity contribution in [3.63, 3.8) is 0 Å². The third-order valence-corrected chi connectivity index (χ3v) is 3.84. The molecule has 0 spiro atoms. The van der Waals surface area contributed by atoms with Crippen LogP contribution in [0.25, 0.3) is 0 Å². The van der Waals surface area contributed by atoms with Crippen LogP contribution < -0.4 is 15.4 Å². The van der Waals surface area contributed by atoms with Gasteiger partial charge < -0.3 is 15.4 Å². The second kappa shape index (κ2) is 7.68. The van der Waals surface area contributed by atoms with Crippen LogP contribution in [0.4, 0.5) is 10.5 Å². The van der Waals surface area contributed by atoms with Gasteiger partial charge in [-0.3, -0.25) is 0 Å². The largest absolute Gasteiger partial charge is 0.491 e. The molecule has 0 aromatic heterocycles. The molecule has 0 saturated heterocycles. The molecule has 0 aliphatic carbocycles. The summed E-state index contributed by atoms with van der Waals surface area (Å²) in [6.45, 7) is 8.94. The molecular formula is C19H24N2O2. The number of benzene rings is 2. The molecule has 0 bridgehead atoms. The van der Waals surface area contributed by atoms with Gasteiger partial charge in [0.05, 0.1) is 6.54 Å². The van der Waals surface area contributed by atoms with Gasteiger partial charge in [-0.1, -0.05) is 24.3 Å². The summed E-state index contributed by atoms with van der Waals surface area (Å²) in [7, 11) is 0. The predicted octanol–water partition coefficient (Wildman–Crippen LogP) is 4.12. The summed E-state index contributed by atoms with van der Waals surface area (Å²) in [5, 5.41) is 5.67. The van der Waals surface area contributed by atoms with Crippen LogP contribution in [0.5, 0.6) is 5.75 Å². The van der Waals surface area contributed by atoms with Crippen LogP contribution in [0, 0.1) is 27.7 Å². The monoisotopic (exact) mass is 312 g/mol. The van der Waals surface area contributed by atoms with E-state index in [0.717, 1.165) is 28.1 Å². The maximum Gasteiger partial charge on any atom is 0.319 e. The lowest BCUT2D eigenvalue weighted by molar-refractivity contribution is 0.247. The maximum atomic E-state index is 11.9. The Kier molecular flexibility index (Phi) is 5.63. The molecule has 0 saturated carbocycles. The molecular weight excluding hydrogens is 288 g/mol. The van der Waals surface area contributed by atoms with Crippen molar-refractivity contribution < 1.29 is 9.53 Å². The van der Waals surface area contributed by atoms with E-state index in [4.69, 9.17) is 4.74 Å². The van der Waals surface area contributed by atoms with Gasteiger partial charge in [-0.2, -0.15) is 0 Å². The highest BCUT2D eigenvalue weighted by atomic mass is 16.5. The fourth-order valence-electron chi connectivity index (χ4n) is 2.24. The Morgan fingerprint density at radius 3 is 2.61 bits per heavy atom. The summed E-state index contributed by atoms with van der Waals surface area (Å²) in [5.41, 5.74) is 5.31. The van der Waals surface area contributed by atoms with Crippen LogP contribution in [0.1, 0.15) is 22.3 Å². The number of carbonyl (C=O) groups is 1. The highest BCUT2D eigenvalue weighted by molar-refractivity contribution is 5.90. The normalized spacial score (nSPS) is 10.3. The minimum Gasteiger partial charge on any atom is -0.491 e. The molecule has 4 nitrogen and oxygen atoms in total. The quantitative estimate of drug-likeness (QED) is 0.816. The fraction of sp³-hybridized carbons (Fsp3) is 0.316. The number of carbonyl (C=O) groups excluding carboxylic acids is 1. The number of hydrogen-bond acceptors (Lipinski definition) is 2. The molecule has 0 aliphatic heterocycles. The molecule has 2 rings (SSSR count). The van der Waals surface area contributed by atoms with E-state index in [1.54, 1.807) is 0 Å². The Balaban J connectivity index is 1.79. The summed E-state index contributed by atoms with van der Waals surface area (Å²) < 4.78 is 5.72. The van der Waals surface area contributed by atoms with E-state index >= 15 is 0 Å². The van der Waals surface area contributed by atoms with E-state index in [1.807, 2.05) is 51.1 Å². The zero-order valence-electron chi connectivity index (χ0n) is 14.2. The Morgan fingerprint density at radius 1 is 1.04 bits per heavy atom. The lowest BCUT2D eigenvalue weighted by Gasteiger charge is -2.13. The molecule has 2 aromatic carbocycles. The summed E-state index contributed by atoms with van der Waals surface area (Å²) in [6, 6.07) is 11.7. The summed E-state index contributed by atoms with van der Waals surface area (Å²) in [4.78, 5) is 11.9. The van der Waals surface area contributed by atoms with Crippen molar-refractivity contribution in [2.75, 3.05) is 18.5 Å². The Labute approximate surface area is 137 Å². The molecule has 0 heterocycles. The SMILES string of the molecule is Cc1ccc(C)c(NC(=O)NCCOc2cccc(C)c2C)c1. The van der Waals surface area contributed by atoms with Crippen molar-refractivity contribution >= 4 is 11.7 Å². The number of amides is 2. The number of ether oxygens (including phenoxy) is 1. The second-order valence-corrected chi connectivity index (χ2v) is 5.75. The first kappa shape index (κ1) is 16.9. The van der Waals surface area contributed by atoms with Crippen LogP contribution in [0.3, 0.4) is 0 Å². The number of urea groups is 1. The van der Waals surface area contributed by atoms with Crippen LogP contribution >= 0.6 is 0 Å². The van der Waals surface area contributed by atoms with Crippen LogP contribution in [0.2, 0.25) is 0 Å². The third-order valence-electron chi connectivity index (χ3n) is 3.84. The first-order valence-electron chi connectivity index (χ1n) is 7.78. The average molecular weight is 312 g/mol. The molecule has 0 aliphatic rings. The zero-order valence-corrected chi connectivity index (χ0v) is 14.2. The standard InChI is InChI=1S/C19H24N2O2/c1-13-8-9-15(3)17(12-13)21-19(22)20-10-11-23-18-7-5-6-14(2)16(18)4/h5-9,12H,10-11H2,1-4H3,(H2,20,21,22). The van der Waals surface area contributed by atoms with Crippen LogP contribution in [0.15, 0.2) is 36.4 Å². The Morgan fingerprint density at radius 2 is 1.83 bits per heavy atom. The van der Waals surface area contributed by atoms with E-state index in [2.05, 4.69) is 23.6 Å². The Bertz CT molecular complexity index is 696. The summed E-state index contributed by atoms with van der Waals surface area (Å²) >= 11 is 0. The van der Waals surface area contributed by atoms with Gasteiger partial charge in [-0.15, -0.1) is 0 Å². The van der Waals surface area contributed by atoms with E-state index in [1.165, 1.54) is 5.56 Å². The molecule has 2 N–H and O–H groups in total. The van der Waals surface area contributed by atoms with Crippen molar-refractivity contribution in [2.45, 2.75) is 27.7 Å². The smallest absolute Gasteiger partial charge is 0.319 e. The number of aryl methyl sites for hydroxylation is 3. The van der Waals surface area contributed by atoms with Gasteiger partial charge in [0.2, 0.25) is 0 Å².